The molecule has 1 saturated heterocycles. The van der Waals surface area contributed by atoms with Gasteiger partial charge in [0.2, 0.25) is 5.91 Å². The average molecular weight is 432 g/mol. The Hall–Kier alpha value is -2.58. The Labute approximate surface area is 180 Å². The number of carbonyl (C=O) groups excluding carboxylic acids is 2. The van der Waals surface area contributed by atoms with Gasteiger partial charge < -0.3 is 15.4 Å². The molecule has 2 aromatic rings. The minimum absolute atomic E-state index is 0.193. The number of hydrogen-bond acceptors (Lipinski definition) is 5. The fourth-order valence-corrected chi connectivity index (χ4v) is 3.56. The van der Waals surface area contributed by atoms with Gasteiger partial charge in [0.25, 0.3) is 0 Å². The lowest BCUT2D eigenvalue weighted by atomic mass is 10.0. The summed E-state index contributed by atoms with van der Waals surface area (Å²) in [6, 6.07) is 12.5. The summed E-state index contributed by atoms with van der Waals surface area (Å²) in [6.07, 6.45) is 1.07. The van der Waals surface area contributed by atoms with Gasteiger partial charge in [-0.1, -0.05) is 24.3 Å². The average Bonchev–Trinajstić information content (AvgIpc) is 3.11. The molecule has 0 spiro atoms. The van der Waals surface area contributed by atoms with Crippen LogP contribution in [0.2, 0.25) is 0 Å². The highest BCUT2D eigenvalue weighted by Crippen LogP contribution is 2.29. The normalized spacial score (nSPS) is 15.9. The van der Waals surface area contributed by atoms with E-state index in [9.17, 15) is 14.0 Å². The Kier molecular flexibility index (Phi) is 7.70. The topological polar surface area (TPSA) is 70.7 Å². The number of hydrogen-bond donors (Lipinski definition) is 2. The van der Waals surface area contributed by atoms with Crippen molar-refractivity contribution in [3.63, 3.8) is 0 Å². The minimum Gasteiger partial charge on any atom is -0.442 e. The standard InChI is InChI=1S/C22H26FN3O3S/c1-15(27)25-13-19-14-26(22(28)29-19)18-7-8-20(21(23)11-18)17-5-3-16(4-6-17)12-24-9-10-30-2/h3-8,11,19,24H,9-10,12-14H2,1-2H3,(H,25,27). The van der Waals surface area contributed by atoms with E-state index in [0.29, 0.717) is 11.3 Å². The molecule has 160 valence electrons. The molecule has 0 aromatic heterocycles. The highest BCUT2D eigenvalue weighted by Gasteiger charge is 2.32. The first-order valence-corrected chi connectivity index (χ1v) is 11.2. The van der Waals surface area contributed by atoms with E-state index in [2.05, 4.69) is 16.9 Å². The van der Waals surface area contributed by atoms with E-state index in [0.717, 1.165) is 30.0 Å². The number of nitrogens with one attached hydrogen (secondary N) is 2. The van der Waals surface area contributed by atoms with Gasteiger partial charge in [0.15, 0.2) is 0 Å². The third-order valence-corrected chi connectivity index (χ3v) is 5.41. The molecule has 30 heavy (non-hydrogen) atoms. The fraction of sp³-hybridized carbons (Fsp3) is 0.364. The lowest BCUT2D eigenvalue weighted by Gasteiger charge is -2.15. The fourth-order valence-electron chi connectivity index (χ4n) is 3.21. The molecule has 2 amide bonds. The maximum atomic E-state index is 14.8. The largest absolute Gasteiger partial charge is 0.442 e. The van der Waals surface area contributed by atoms with Crippen LogP contribution in [-0.4, -0.2) is 49.7 Å². The zero-order valence-electron chi connectivity index (χ0n) is 17.1. The Bertz CT molecular complexity index is 892. The number of benzene rings is 2. The van der Waals surface area contributed by atoms with Crippen molar-refractivity contribution in [3.8, 4) is 11.1 Å². The van der Waals surface area contributed by atoms with Gasteiger partial charge >= 0.3 is 6.09 Å². The van der Waals surface area contributed by atoms with Crippen LogP contribution in [0.5, 0.6) is 0 Å². The van der Waals surface area contributed by atoms with Crippen LogP contribution in [-0.2, 0) is 16.1 Å². The van der Waals surface area contributed by atoms with E-state index >= 15 is 0 Å². The lowest BCUT2D eigenvalue weighted by molar-refractivity contribution is -0.119. The molecule has 0 radical (unpaired) electrons. The van der Waals surface area contributed by atoms with Crippen molar-refractivity contribution in [1.82, 2.24) is 10.6 Å². The molecule has 2 N–H and O–H groups in total. The van der Waals surface area contributed by atoms with Gasteiger partial charge in [0.1, 0.15) is 11.9 Å². The summed E-state index contributed by atoms with van der Waals surface area (Å²) in [6.45, 7) is 3.62. The number of thioether (sulfide) groups is 1. The Balaban J connectivity index is 1.65. The summed E-state index contributed by atoms with van der Waals surface area (Å²) in [5, 5.41) is 5.99. The Morgan fingerprint density at radius 3 is 2.70 bits per heavy atom. The molecule has 1 aliphatic rings. The van der Waals surface area contributed by atoms with E-state index in [-0.39, 0.29) is 19.0 Å². The van der Waals surface area contributed by atoms with Crippen molar-refractivity contribution in [2.75, 3.05) is 36.5 Å². The smallest absolute Gasteiger partial charge is 0.414 e. The quantitative estimate of drug-likeness (QED) is 0.596. The lowest BCUT2D eigenvalue weighted by Crippen LogP contribution is -2.33. The van der Waals surface area contributed by atoms with Crippen LogP contribution >= 0.6 is 11.8 Å². The first kappa shape index (κ1) is 22.1. The van der Waals surface area contributed by atoms with Gasteiger partial charge in [-0.3, -0.25) is 9.69 Å². The van der Waals surface area contributed by atoms with Crippen LogP contribution in [0.4, 0.5) is 14.9 Å². The van der Waals surface area contributed by atoms with E-state index in [1.165, 1.54) is 17.9 Å². The highest BCUT2D eigenvalue weighted by molar-refractivity contribution is 7.98. The van der Waals surface area contributed by atoms with Crippen molar-refractivity contribution in [2.45, 2.75) is 19.6 Å². The van der Waals surface area contributed by atoms with Crippen molar-refractivity contribution in [1.29, 1.82) is 0 Å². The van der Waals surface area contributed by atoms with Gasteiger partial charge in [-0.15, -0.1) is 0 Å². The van der Waals surface area contributed by atoms with Crippen LogP contribution in [0.1, 0.15) is 12.5 Å². The predicted octanol–water partition coefficient (Wildman–Crippen LogP) is 3.41. The summed E-state index contributed by atoms with van der Waals surface area (Å²) in [5.74, 6) is 0.465. The summed E-state index contributed by atoms with van der Waals surface area (Å²) in [4.78, 5) is 24.5. The zero-order chi connectivity index (χ0) is 21.5. The molecule has 2 aromatic carbocycles. The first-order chi connectivity index (χ1) is 14.5. The van der Waals surface area contributed by atoms with Gasteiger partial charge in [0.05, 0.1) is 18.8 Å². The summed E-state index contributed by atoms with van der Waals surface area (Å²) < 4.78 is 20.0. The predicted molar refractivity (Wildman–Crippen MR) is 118 cm³/mol. The third-order valence-electron chi connectivity index (χ3n) is 4.79. The van der Waals surface area contributed by atoms with Gasteiger partial charge in [0, 0.05) is 31.3 Å². The maximum Gasteiger partial charge on any atom is 0.414 e. The maximum absolute atomic E-state index is 14.8. The summed E-state index contributed by atoms with van der Waals surface area (Å²) in [5.41, 5.74) is 2.82. The van der Waals surface area contributed by atoms with E-state index in [1.807, 2.05) is 24.3 Å². The van der Waals surface area contributed by atoms with Gasteiger partial charge in [-0.25, -0.2) is 9.18 Å². The van der Waals surface area contributed by atoms with Crippen molar-refractivity contribution < 1.29 is 18.7 Å². The molecule has 0 bridgehead atoms. The van der Waals surface area contributed by atoms with Crippen LogP contribution < -0.4 is 15.5 Å². The molecule has 1 heterocycles. The van der Waals surface area contributed by atoms with Gasteiger partial charge in [-0.2, -0.15) is 11.8 Å². The van der Waals surface area contributed by atoms with Crippen LogP contribution in [0, 0.1) is 5.82 Å². The molecule has 6 nitrogen and oxygen atoms in total. The molecule has 3 rings (SSSR count). The Morgan fingerprint density at radius 2 is 2.03 bits per heavy atom. The molecule has 1 unspecified atom stereocenters. The Morgan fingerprint density at radius 1 is 1.27 bits per heavy atom. The van der Waals surface area contributed by atoms with E-state index in [4.69, 9.17) is 4.74 Å². The van der Waals surface area contributed by atoms with Gasteiger partial charge in [-0.05, 0) is 35.6 Å². The second-order valence-corrected chi connectivity index (χ2v) is 8.07. The molecular formula is C22H26FN3O3S. The van der Waals surface area contributed by atoms with E-state index in [1.54, 1.807) is 23.9 Å². The highest BCUT2D eigenvalue weighted by atomic mass is 32.2. The second kappa shape index (κ2) is 10.4. The number of halogens is 1. The van der Waals surface area contributed by atoms with Crippen molar-refractivity contribution in [2.24, 2.45) is 0 Å². The summed E-state index contributed by atoms with van der Waals surface area (Å²) in [7, 11) is 0. The van der Waals surface area contributed by atoms with Crippen molar-refractivity contribution >= 4 is 29.4 Å². The first-order valence-electron chi connectivity index (χ1n) is 9.79. The molecule has 0 aliphatic carbocycles. The third kappa shape index (κ3) is 5.73. The number of nitrogens with zero attached hydrogens (tertiary/aromatic N) is 1. The number of rotatable bonds is 9. The number of ether oxygens (including phenoxy) is 1. The summed E-state index contributed by atoms with van der Waals surface area (Å²) >= 11 is 1.80. The van der Waals surface area contributed by atoms with E-state index < -0.39 is 18.0 Å². The SMILES string of the molecule is CSCCNCc1ccc(-c2ccc(N3CC(CNC(C)=O)OC3=O)cc2F)cc1. The van der Waals surface area contributed by atoms with Crippen LogP contribution in [0.15, 0.2) is 42.5 Å². The molecule has 1 fully saturated rings. The molecule has 0 saturated carbocycles. The number of anilines is 1. The molecule has 1 aliphatic heterocycles. The monoisotopic (exact) mass is 431 g/mol. The number of amides is 2. The molecular weight excluding hydrogens is 405 g/mol. The minimum atomic E-state index is -0.546. The zero-order valence-corrected chi connectivity index (χ0v) is 17.9. The molecule has 8 heteroatoms. The van der Waals surface area contributed by atoms with Crippen LogP contribution in [0.25, 0.3) is 11.1 Å². The number of cyclic esters (lactones) is 1. The number of carbonyl (C=O) groups is 2. The second-order valence-electron chi connectivity index (χ2n) is 7.08. The molecule has 1 atom stereocenters. The van der Waals surface area contributed by atoms with Crippen LogP contribution in [0.3, 0.4) is 0 Å². The van der Waals surface area contributed by atoms with Crippen molar-refractivity contribution in [3.05, 3.63) is 53.8 Å².